The molecule has 1 heterocycles. The standard InChI is InChI=1S/C34H45BrN4O3/c1-24-38-29-20-31(30(41-2)19-28(29)33(39-24)37-23-26-10-8-12-27(35)18-26)42-17-7-5-3-4-6-16-36-32(40)22-34-14-9-11-25(21-34)13-15-34/h8,10,12,18-20,25H,3-7,9,11,13-17,21-23H2,1-2H3,(H,36,40)(H,37,38,39). The minimum atomic E-state index is 0.267. The van der Waals surface area contributed by atoms with E-state index in [1.54, 1.807) is 7.11 Å². The van der Waals surface area contributed by atoms with Gasteiger partial charge in [-0.05, 0) is 80.5 Å². The summed E-state index contributed by atoms with van der Waals surface area (Å²) in [4.78, 5) is 21.8. The topological polar surface area (TPSA) is 85.4 Å². The normalized spacial score (nSPS) is 19.5. The summed E-state index contributed by atoms with van der Waals surface area (Å²) >= 11 is 3.54. The molecule has 2 unspecified atom stereocenters. The second kappa shape index (κ2) is 14.5. The van der Waals surface area contributed by atoms with Crippen LogP contribution < -0.4 is 20.1 Å². The maximum absolute atomic E-state index is 12.5. The molecule has 2 aromatic carbocycles. The van der Waals surface area contributed by atoms with E-state index >= 15 is 0 Å². The van der Waals surface area contributed by atoms with Crippen molar-refractivity contribution < 1.29 is 14.3 Å². The lowest BCUT2D eigenvalue weighted by Gasteiger charge is -2.32. The maximum atomic E-state index is 12.5. The molecule has 0 radical (unpaired) electrons. The van der Waals surface area contributed by atoms with Crippen LogP contribution in [0.15, 0.2) is 40.9 Å². The first-order chi connectivity index (χ1) is 20.4. The lowest BCUT2D eigenvalue weighted by molar-refractivity contribution is -0.123. The summed E-state index contributed by atoms with van der Waals surface area (Å²) in [6.07, 6.45) is 13.9. The van der Waals surface area contributed by atoms with E-state index in [-0.39, 0.29) is 5.91 Å². The zero-order chi connectivity index (χ0) is 29.4. The maximum Gasteiger partial charge on any atom is 0.220 e. The Hall–Kier alpha value is -2.87. The summed E-state index contributed by atoms with van der Waals surface area (Å²) in [6, 6.07) is 12.1. The number of ether oxygens (including phenoxy) is 2. The van der Waals surface area contributed by atoms with Crippen LogP contribution in [0, 0.1) is 18.3 Å². The highest BCUT2D eigenvalue weighted by Gasteiger charge is 2.42. The fourth-order valence-corrected chi connectivity index (χ4v) is 7.32. The van der Waals surface area contributed by atoms with E-state index in [0.29, 0.717) is 35.9 Å². The molecule has 2 fully saturated rings. The van der Waals surface area contributed by atoms with Crippen LogP contribution in [0.2, 0.25) is 0 Å². The zero-order valence-electron chi connectivity index (χ0n) is 25.1. The molecule has 2 aliphatic rings. The van der Waals surface area contributed by atoms with Crippen LogP contribution in [0.5, 0.6) is 11.5 Å². The molecule has 8 heteroatoms. The third kappa shape index (κ3) is 8.15. The fraction of sp³-hybridized carbons (Fsp3) is 0.559. The number of aromatic nitrogens is 2. The predicted molar refractivity (Wildman–Crippen MR) is 172 cm³/mol. The van der Waals surface area contributed by atoms with E-state index < -0.39 is 0 Å². The minimum absolute atomic E-state index is 0.267. The first-order valence-electron chi connectivity index (χ1n) is 15.7. The number of unbranched alkanes of at least 4 members (excludes halogenated alkanes) is 4. The Kier molecular flexibility index (Phi) is 10.6. The average molecular weight is 638 g/mol. The Labute approximate surface area is 258 Å². The molecule has 2 saturated carbocycles. The highest BCUT2D eigenvalue weighted by molar-refractivity contribution is 9.10. The van der Waals surface area contributed by atoms with Gasteiger partial charge >= 0.3 is 0 Å². The summed E-state index contributed by atoms with van der Waals surface area (Å²) in [6.45, 7) is 3.98. The molecule has 0 spiro atoms. The number of nitrogens with one attached hydrogen (secondary N) is 2. The highest BCUT2D eigenvalue weighted by Crippen LogP contribution is 2.53. The minimum Gasteiger partial charge on any atom is -0.493 e. The third-order valence-corrected chi connectivity index (χ3v) is 9.50. The number of amides is 1. The van der Waals surface area contributed by atoms with Crippen LogP contribution in [-0.2, 0) is 11.3 Å². The molecule has 0 aliphatic heterocycles. The van der Waals surface area contributed by atoms with Crippen molar-refractivity contribution in [1.29, 1.82) is 0 Å². The second-order valence-electron chi connectivity index (χ2n) is 12.3. The van der Waals surface area contributed by atoms with Gasteiger partial charge in [-0.3, -0.25) is 4.79 Å². The number of carbonyl (C=O) groups is 1. The van der Waals surface area contributed by atoms with E-state index in [0.717, 1.165) is 77.7 Å². The average Bonchev–Trinajstić information content (AvgIpc) is 3.26. The number of nitrogens with zero attached hydrogens (tertiary/aromatic N) is 2. The van der Waals surface area contributed by atoms with Gasteiger partial charge < -0.3 is 20.1 Å². The zero-order valence-corrected chi connectivity index (χ0v) is 26.7. The smallest absolute Gasteiger partial charge is 0.220 e. The van der Waals surface area contributed by atoms with Crippen molar-refractivity contribution in [3.05, 3.63) is 52.3 Å². The number of carbonyl (C=O) groups excluding carboxylic acids is 1. The lowest BCUT2D eigenvalue weighted by atomic mass is 9.73. The molecule has 1 aromatic heterocycles. The van der Waals surface area contributed by atoms with Crippen LogP contribution in [-0.4, -0.2) is 36.1 Å². The predicted octanol–water partition coefficient (Wildman–Crippen LogP) is 8.13. The summed E-state index contributed by atoms with van der Waals surface area (Å²) in [5.41, 5.74) is 2.31. The number of rotatable bonds is 15. The van der Waals surface area contributed by atoms with Gasteiger partial charge in [0.15, 0.2) is 11.5 Å². The van der Waals surface area contributed by atoms with E-state index in [9.17, 15) is 4.79 Å². The van der Waals surface area contributed by atoms with Gasteiger partial charge in [-0.25, -0.2) is 9.97 Å². The van der Waals surface area contributed by atoms with Gasteiger partial charge in [0, 0.05) is 35.4 Å². The number of hydrogen-bond donors (Lipinski definition) is 2. The first-order valence-corrected chi connectivity index (χ1v) is 16.5. The van der Waals surface area contributed by atoms with Gasteiger partial charge in [-0.15, -0.1) is 0 Å². The number of benzene rings is 2. The lowest BCUT2D eigenvalue weighted by Crippen LogP contribution is -2.32. The van der Waals surface area contributed by atoms with Crippen molar-refractivity contribution in [3.63, 3.8) is 0 Å². The number of aryl methyl sites for hydroxylation is 1. The van der Waals surface area contributed by atoms with Gasteiger partial charge in [-0.1, -0.05) is 60.2 Å². The van der Waals surface area contributed by atoms with Crippen molar-refractivity contribution >= 4 is 38.6 Å². The van der Waals surface area contributed by atoms with Gasteiger partial charge in [0.05, 0.1) is 19.2 Å². The Morgan fingerprint density at radius 1 is 1.05 bits per heavy atom. The van der Waals surface area contributed by atoms with E-state index in [1.165, 1.54) is 38.5 Å². The quantitative estimate of drug-likeness (QED) is 0.164. The van der Waals surface area contributed by atoms with Gasteiger partial charge in [0.25, 0.3) is 0 Å². The molecule has 2 bridgehead atoms. The molecular formula is C34H45BrN4O3. The monoisotopic (exact) mass is 636 g/mol. The second-order valence-corrected chi connectivity index (χ2v) is 13.2. The van der Waals surface area contributed by atoms with Crippen molar-refractivity contribution in [3.8, 4) is 11.5 Å². The molecule has 226 valence electrons. The Morgan fingerprint density at radius 2 is 1.90 bits per heavy atom. The van der Waals surface area contributed by atoms with E-state index in [1.807, 2.05) is 31.2 Å². The Bertz CT molecular complexity index is 1360. The van der Waals surface area contributed by atoms with Gasteiger partial charge in [-0.2, -0.15) is 0 Å². The van der Waals surface area contributed by atoms with Gasteiger partial charge in [0.1, 0.15) is 11.6 Å². The molecular weight excluding hydrogens is 592 g/mol. The number of halogens is 1. The number of methoxy groups -OCH3 is 1. The molecule has 2 atom stereocenters. The molecule has 0 saturated heterocycles. The van der Waals surface area contributed by atoms with Crippen LogP contribution >= 0.6 is 15.9 Å². The third-order valence-electron chi connectivity index (χ3n) is 9.00. The molecule has 7 nitrogen and oxygen atoms in total. The molecule has 2 aliphatic carbocycles. The number of hydrogen-bond acceptors (Lipinski definition) is 6. The SMILES string of the molecule is COc1cc2c(NCc3cccc(Br)c3)nc(C)nc2cc1OCCCCCCCNC(=O)CC12CCCC(CC1)C2. The molecule has 2 N–H and O–H groups in total. The summed E-state index contributed by atoms with van der Waals surface area (Å²) in [5.74, 6) is 4.02. The van der Waals surface area contributed by atoms with Crippen LogP contribution in [0.25, 0.3) is 10.9 Å². The number of anilines is 1. The largest absolute Gasteiger partial charge is 0.493 e. The van der Waals surface area contributed by atoms with Crippen molar-refractivity contribution in [2.45, 2.75) is 90.5 Å². The molecule has 5 rings (SSSR count). The van der Waals surface area contributed by atoms with Crippen molar-refractivity contribution in [2.24, 2.45) is 11.3 Å². The van der Waals surface area contributed by atoms with Crippen LogP contribution in [0.4, 0.5) is 5.82 Å². The van der Waals surface area contributed by atoms with Crippen LogP contribution in [0.3, 0.4) is 0 Å². The number of fused-ring (bicyclic) bond motifs is 3. The van der Waals surface area contributed by atoms with Crippen LogP contribution in [0.1, 0.15) is 88.4 Å². The van der Waals surface area contributed by atoms with Crippen molar-refractivity contribution in [2.75, 3.05) is 25.6 Å². The van der Waals surface area contributed by atoms with Crippen molar-refractivity contribution in [1.82, 2.24) is 15.3 Å². The van der Waals surface area contributed by atoms with E-state index in [4.69, 9.17) is 9.47 Å². The highest BCUT2D eigenvalue weighted by atomic mass is 79.9. The van der Waals surface area contributed by atoms with E-state index in [2.05, 4.69) is 48.7 Å². The molecule has 42 heavy (non-hydrogen) atoms. The molecule has 3 aromatic rings. The summed E-state index contributed by atoms with van der Waals surface area (Å²) < 4.78 is 12.9. The Morgan fingerprint density at radius 3 is 2.76 bits per heavy atom. The molecule has 1 amide bonds. The summed E-state index contributed by atoms with van der Waals surface area (Å²) in [5, 5.41) is 7.55. The fourth-order valence-electron chi connectivity index (χ4n) is 6.88. The van der Waals surface area contributed by atoms with Gasteiger partial charge in [0.2, 0.25) is 5.91 Å². The Balaban J connectivity index is 1.03. The first kappa shape index (κ1) is 30.6. The summed E-state index contributed by atoms with van der Waals surface area (Å²) in [7, 11) is 1.66.